The molecule has 0 amide bonds. The highest BCUT2D eigenvalue weighted by Crippen LogP contribution is 2.40. The van der Waals surface area contributed by atoms with Crippen molar-refractivity contribution < 1.29 is 15.0 Å². The highest BCUT2D eigenvalue weighted by Gasteiger charge is 2.22. The number of carbonyl (C=O) groups excluding carboxylic acids is 1. The zero-order chi connectivity index (χ0) is 14.0. The van der Waals surface area contributed by atoms with Gasteiger partial charge in [-0.3, -0.25) is 4.79 Å². The van der Waals surface area contributed by atoms with Crippen molar-refractivity contribution in [2.45, 2.75) is 19.8 Å². The van der Waals surface area contributed by atoms with Gasteiger partial charge in [-0.05, 0) is 6.42 Å². The van der Waals surface area contributed by atoms with Crippen molar-refractivity contribution in [3.63, 3.8) is 0 Å². The quantitative estimate of drug-likeness (QED) is 0.652. The predicted octanol–water partition coefficient (Wildman–Crippen LogP) is 3.11. The van der Waals surface area contributed by atoms with Gasteiger partial charge in [-0.25, -0.2) is 0 Å². The largest absolute Gasteiger partial charge is 0.504 e. The normalized spacial score (nSPS) is 10.3. The van der Waals surface area contributed by atoms with Crippen molar-refractivity contribution in [3.05, 3.63) is 35.4 Å². The standard InChI is InChI=1S/C15H13NO3/c1-2-5-12(17)13-11(8-16)9-6-3-4-7-10(9)14(18)15(13)19/h3-4,6-7,18-19H,2,5H2,1H3. The van der Waals surface area contributed by atoms with Crippen molar-refractivity contribution in [3.8, 4) is 17.6 Å². The summed E-state index contributed by atoms with van der Waals surface area (Å²) >= 11 is 0. The molecule has 96 valence electrons. The maximum atomic E-state index is 12.0. The van der Waals surface area contributed by atoms with Gasteiger partial charge in [-0.2, -0.15) is 5.26 Å². The summed E-state index contributed by atoms with van der Waals surface area (Å²) in [7, 11) is 0. The molecule has 0 heterocycles. The first-order valence-corrected chi connectivity index (χ1v) is 6.01. The Kier molecular flexibility index (Phi) is 3.39. The van der Waals surface area contributed by atoms with E-state index in [0.29, 0.717) is 17.2 Å². The number of ketones is 1. The molecule has 2 rings (SSSR count). The molecule has 0 bridgehead atoms. The molecule has 0 radical (unpaired) electrons. The lowest BCUT2D eigenvalue weighted by atomic mass is 9.93. The molecular formula is C15H13NO3. The van der Waals surface area contributed by atoms with E-state index < -0.39 is 5.75 Å². The minimum atomic E-state index is -0.506. The van der Waals surface area contributed by atoms with Crippen LogP contribution >= 0.6 is 0 Å². The molecule has 19 heavy (non-hydrogen) atoms. The van der Waals surface area contributed by atoms with Crippen LogP contribution in [0.1, 0.15) is 35.7 Å². The molecule has 2 aromatic carbocycles. The Bertz CT molecular complexity index is 699. The number of benzene rings is 2. The zero-order valence-corrected chi connectivity index (χ0v) is 10.5. The van der Waals surface area contributed by atoms with Gasteiger partial charge in [0.15, 0.2) is 17.3 Å². The number of carbonyl (C=O) groups is 1. The van der Waals surface area contributed by atoms with Gasteiger partial charge in [-0.1, -0.05) is 31.2 Å². The second-order valence-electron chi connectivity index (χ2n) is 4.28. The van der Waals surface area contributed by atoms with Gasteiger partial charge in [0.25, 0.3) is 0 Å². The van der Waals surface area contributed by atoms with Crippen molar-refractivity contribution in [1.29, 1.82) is 5.26 Å². The van der Waals surface area contributed by atoms with Gasteiger partial charge < -0.3 is 10.2 Å². The smallest absolute Gasteiger partial charge is 0.170 e. The number of phenolic OH excluding ortho intramolecular Hbond substituents is 2. The number of fused-ring (bicyclic) bond motifs is 1. The molecule has 0 atom stereocenters. The van der Waals surface area contributed by atoms with Gasteiger partial charge in [0.1, 0.15) is 6.07 Å². The fourth-order valence-electron chi connectivity index (χ4n) is 2.15. The van der Waals surface area contributed by atoms with Crippen LogP contribution in [0, 0.1) is 11.3 Å². The Hall–Kier alpha value is -2.54. The van der Waals surface area contributed by atoms with Crippen LogP contribution in [0.3, 0.4) is 0 Å². The van der Waals surface area contributed by atoms with Crippen LogP contribution in [0.5, 0.6) is 11.5 Å². The lowest BCUT2D eigenvalue weighted by Crippen LogP contribution is -2.03. The SMILES string of the molecule is CCCC(=O)c1c(O)c(O)c2ccccc2c1C#N. The zero-order valence-electron chi connectivity index (χ0n) is 10.5. The maximum Gasteiger partial charge on any atom is 0.170 e. The average Bonchev–Trinajstić information content (AvgIpc) is 2.42. The molecule has 2 aromatic rings. The molecule has 0 unspecified atom stereocenters. The minimum Gasteiger partial charge on any atom is -0.504 e. The summed E-state index contributed by atoms with van der Waals surface area (Å²) < 4.78 is 0. The molecule has 0 saturated heterocycles. The molecule has 0 aromatic heterocycles. The van der Waals surface area contributed by atoms with E-state index in [9.17, 15) is 20.3 Å². The Morgan fingerprint density at radius 3 is 2.42 bits per heavy atom. The third-order valence-corrected chi connectivity index (χ3v) is 3.03. The molecule has 0 aliphatic carbocycles. The van der Waals surface area contributed by atoms with Crippen molar-refractivity contribution in [1.82, 2.24) is 0 Å². The van der Waals surface area contributed by atoms with Crippen LogP contribution in [0.15, 0.2) is 24.3 Å². The molecule has 4 heteroatoms. The number of hydrogen-bond acceptors (Lipinski definition) is 4. The first-order chi connectivity index (χ1) is 9.11. The van der Waals surface area contributed by atoms with Crippen LogP contribution in [-0.4, -0.2) is 16.0 Å². The topological polar surface area (TPSA) is 81.3 Å². The second kappa shape index (κ2) is 4.99. The third-order valence-electron chi connectivity index (χ3n) is 3.03. The fourth-order valence-corrected chi connectivity index (χ4v) is 2.15. The highest BCUT2D eigenvalue weighted by molar-refractivity contribution is 6.09. The summed E-state index contributed by atoms with van der Waals surface area (Å²) in [6, 6.07) is 8.61. The van der Waals surface area contributed by atoms with E-state index in [1.807, 2.05) is 13.0 Å². The molecule has 0 aliphatic heterocycles. The lowest BCUT2D eigenvalue weighted by molar-refractivity contribution is 0.0978. The maximum absolute atomic E-state index is 12.0. The number of Topliss-reactive ketones (excluding diaryl/α,β-unsaturated/α-hetero) is 1. The van der Waals surface area contributed by atoms with Gasteiger partial charge in [0.2, 0.25) is 0 Å². The predicted molar refractivity (Wildman–Crippen MR) is 71.2 cm³/mol. The molecule has 4 nitrogen and oxygen atoms in total. The summed E-state index contributed by atoms with van der Waals surface area (Å²) in [5.74, 6) is -1.19. The first kappa shape index (κ1) is 12.9. The van der Waals surface area contributed by atoms with Crippen molar-refractivity contribution in [2.75, 3.05) is 0 Å². The van der Waals surface area contributed by atoms with Crippen molar-refractivity contribution in [2.24, 2.45) is 0 Å². The molecule has 0 saturated carbocycles. The summed E-state index contributed by atoms with van der Waals surface area (Å²) in [6.07, 6.45) is 0.830. The number of rotatable bonds is 3. The van der Waals surface area contributed by atoms with E-state index in [1.54, 1.807) is 24.3 Å². The summed E-state index contributed by atoms with van der Waals surface area (Å²) in [5, 5.41) is 30.0. The van der Waals surface area contributed by atoms with Gasteiger partial charge in [0.05, 0.1) is 11.1 Å². The number of nitrogens with zero attached hydrogens (tertiary/aromatic N) is 1. The summed E-state index contributed by atoms with van der Waals surface area (Å²) in [6.45, 7) is 1.84. The van der Waals surface area contributed by atoms with Crippen LogP contribution in [0.4, 0.5) is 0 Å². The van der Waals surface area contributed by atoms with Gasteiger partial charge >= 0.3 is 0 Å². The van der Waals surface area contributed by atoms with Crippen LogP contribution < -0.4 is 0 Å². The van der Waals surface area contributed by atoms with Crippen LogP contribution in [0.2, 0.25) is 0 Å². The number of phenols is 2. The third kappa shape index (κ3) is 2.00. The molecular weight excluding hydrogens is 242 g/mol. The molecule has 0 fully saturated rings. The number of hydrogen-bond donors (Lipinski definition) is 2. The lowest BCUT2D eigenvalue weighted by Gasteiger charge is -2.11. The van der Waals surface area contributed by atoms with Gasteiger partial charge in [0, 0.05) is 17.2 Å². The minimum absolute atomic E-state index is 0.0828. The summed E-state index contributed by atoms with van der Waals surface area (Å²) in [4.78, 5) is 12.0. The van der Waals surface area contributed by atoms with E-state index in [4.69, 9.17) is 0 Å². The average molecular weight is 255 g/mol. The number of aromatic hydroxyl groups is 2. The Labute approximate surface area is 110 Å². The van der Waals surface area contributed by atoms with Gasteiger partial charge in [-0.15, -0.1) is 0 Å². The van der Waals surface area contributed by atoms with E-state index >= 15 is 0 Å². The van der Waals surface area contributed by atoms with Crippen LogP contribution in [-0.2, 0) is 0 Å². The summed E-state index contributed by atoms with van der Waals surface area (Å²) in [5.41, 5.74) is 0.0323. The fraction of sp³-hybridized carbons (Fsp3) is 0.200. The van der Waals surface area contributed by atoms with Crippen molar-refractivity contribution >= 4 is 16.6 Å². The molecule has 0 aliphatic rings. The molecule has 0 spiro atoms. The first-order valence-electron chi connectivity index (χ1n) is 6.01. The van der Waals surface area contributed by atoms with E-state index in [-0.39, 0.29) is 29.1 Å². The van der Waals surface area contributed by atoms with E-state index in [1.165, 1.54) is 0 Å². The Morgan fingerprint density at radius 2 is 1.84 bits per heavy atom. The van der Waals surface area contributed by atoms with E-state index in [2.05, 4.69) is 0 Å². The number of nitriles is 1. The van der Waals surface area contributed by atoms with E-state index in [0.717, 1.165) is 0 Å². The highest BCUT2D eigenvalue weighted by atomic mass is 16.3. The molecule has 2 N–H and O–H groups in total. The Balaban J connectivity index is 2.88. The Morgan fingerprint density at radius 1 is 1.21 bits per heavy atom. The van der Waals surface area contributed by atoms with Crippen LogP contribution in [0.25, 0.3) is 10.8 Å². The second-order valence-corrected chi connectivity index (χ2v) is 4.28. The monoisotopic (exact) mass is 255 g/mol.